The molecule has 2 amide bonds. The van der Waals surface area contributed by atoms with Crippen LogP contribution in [0.5, 0.6) is 0 Å². The van der Waals surface area contributed by atoms with E-state index in [-0.39, 0.29) is 18.8 Å². The van der Waals surface area contributed by atoms with E-state index in [2.05, 4.69) is 15.6 Å². The molecule has 2 aromatic carbocycles. The van der Waals surface area contributed by atoms with Gasteiger partial charge in [-0.2, -0.15) is 0 Å². The molecule has 0 bridgehead atoms. The number of hydrogen-bond donors (Lipinski definition) is 1. The molecule has 0 aliphatic carbocycles. The molecule has 0 spiro atoms. The first-order valence-corrected chi connectivity index (χ1v) is 10.7. The lowest BCUT2D eigenvalue weighted by atomic mass is 10.1. The molecule has 34 heavy (non-hydrogen) atoms. The molecule has 2 aromatic heterocycles. The molecular formula is C24H24FN5O4. The summed E-state index contributed by atoms with van der Waals surface area (Å²) < 4.78 is 25.9. The molecule has 176 valence electrons. The van der Waals surface area contributed by atoms with Crippen LogP contribution < -0.4 is 10.2 Å². The van der Waals surface area contributed by atoms with Crippen molar-refractivity contribution in [3.05, 3.63) is 78.0 Å². The first-order chi connectivity index (χ1) is 16.5. The smallest absolute Gasteiger partial charge is 0.251 e. The number of para-hydroxylation sites is 1. The Balaban J connectivity index is 1.75. The highest BCUT2D eigenvalue weighted by Gasteiger charge is 2.35. The zero-order valence-corrected chi connectivity index (χ0v) is 18.8. The number of furan rings is 1. The number of nitrogens with one attached hydrogen (secondary N) is 1. The second kappa shape index (κ2) is 10.3. The Hall–Kier alpha value is -4.05. The van der Waals surface area contributed by atoms with Gasteiger partial charge in [-0.25, -0.2) is 9.07 Å². The van der Waals surface area contributed by atoms with Gasteiger partial charge in [0.1, 0.15) is 29.4 Å². The van der Waals surface area contributed by atoms with Gasteiger partial charge in [-0.3, -0.25) is 14.5 Å². The molecule has 10 heteroatoms. The molecular weight excluding hydrogens is 441 g/mol. The summed E-state index contributed by atoms with van der Waals surface area (Å²) in [5.41, 5.74) is 1.64. The van der Waals surface area contributed by atoms with Gasteiger partial charge in [-0.15, -0.1) is 5.10 Å². The van der Waals surface area contributed by atoms with E-state index >= 15 is 0 Å². The minimum atomic E-state index is -1.14. The first kappa shape index (κ1) is 23.1. The van der Waals surface area contributed by atoms with Crippen molar-refractivity contribution < 1.29 is 23.1 Å². The summed E-state index contributed by atoms with van der Waals surface area (Å²) in [6.45, 7) is 2.09. The van der Waals surface area contributed by atoms with Gasteiger partial charge < -0.3 is 14.5 Å². The fourth-order valence-electron chi connectivity index (χ4n) is 3.62. The second-order valence-corrected chi connectivity index (χ2v) is 7.61. The number of anilines is 1. The predicted molar refractivity (Wildman–Crippen MR) is 122 cm³/mol. The molecule has 0 aliphatic rings. The highest BCUT2D eigenvalue weighted by Crippen LogP contribution is 2.30. The standard InChI is InChI=1S/C24H24FN5O4/c1-16-7-12-21(34-16)23(24(32)26-13-14-33-2)30(18-10-8-17(25)9-11-18)22(31)15-29-20-6-4-3-5-19(20)27-28-29/h3-12,23H,13-15H2,1-2H3,(H,26,32)/t23-/m0/s1. The van der Waals surface area contributed by atoms with Crippen LogP contribution in [0.15, 0.2) is 65.1 Å². The monoisotopic (exact) mass is 465 g/mol. The van der Waals surface area contributed by atoms with Crippen LogP contribution in [0.25, 0.3) is 11.0 Å². The summed E-state index contributed by atoms with van der Waals surface area (Å²) in [5, 5.41) is 10.9. The molecule has 4 aromatic rings. The molecule has 0 aliphatic heterocycles. The van der Waals surface area contributed by atoms with Crippen molar-refractivity contribution in [1.82, 2.24) is 20.3 Å². The van der Waals surface area contributed by atoms with Crippen LogP contribution in [0.2, 0.25) is 0 Å². The average molecular weight is 465 g/mol. The number of rotatable bonds is 9. The van der Waals surface area contributed by atoms with Gasteiger partial charge in [-0.05, 0) is 55.5 Å². The van der Waals surface area contributed by atoms with Crippen molar-refractivity contribution in [2.75, 3.05) is 25.2 Å². The third-order valence-corrected chi connectivity index (χ3v) is 5.22. The molecule has 0 radical (unpaired) electrons. The van der Waals surface area contributed by atoms with Crippen LogP contribution in [-0.2, 0) is 20.9 Å². The van der Waals surface area contributed by atoms with Gasteiger partial charge in [0.2, 0.25) is 5.91 Å². The minimum Gasteiger partial charge on any atom is -0.464 e. The molecule has 1 N–H and O–H groups in total. The molecule has 0 saturated heterocycles. The number of aromatic nitrogens is 3. The molecule has 0 saturated carbocycles. The normalized spacial score (nSPS) is 12.0. The maximum atomic E-state index is 13.7. The maximum absolute atomic E-state index is 13.7. The Morgan fingerprint density at radius 1 is 1.15 bits per heavy atom. The lowest BCUT2D eigenvalue weighted by Gasteiger charge is -2.30. The van der Waals surface area contributed by atoms with Crippen LogP contribution >= 0.6 is 0 Å². The second-order valence-electron chi connectivity index (χ2n) is 7.61. The van der Waals surface area contributed by atoms with E-state index in [1.165, 1.54) is 41.0 Å². The van der Waals surface area contributed by atoms with Crippen molar-refractivity contribution >= 4 is 28.5 Å². The predicted octanol–water partition coefficient (Wildman–Crippen LogP) is 3.01. The number of hydrogen-bond acceptors (Lipinski definition) is 6. The Kier molecular flexibility index (Phi) is 6.98. The van der Waals surface area contributed by atoms with Gasteiger partial charge in [-0.1, -0.05) is 17.3 Å². The lowest BCUT2D eigenvalue weighted by Crippen LogP contribution is -2.45. The molecule has 0 fully saturated rings. The molecule has 1 atom stereocenters. The number of fused-ring (bicyclic) bond motifs is 1. The number of nitrogens with zero attached hydrogens (tertiary/aromatic N) is 4. The van der Waals surface area contributed by atoms with Crippen LogP contribution in [0.3, 0.4) is 0 Å². The average Bonchev–Trinajstić information content (AvgIpc) is 3.44. The van der Waals surface area contributed by atoms with E-state index < -0.39 is 23.7 Å². The Bertz CT molecular complexity index is 1280. The van der Waals surface area contributed by atoms with E-state index in [0.29, 0.717) is 29.1 Å². The number of carbonyl (C=O) groups is 2. The van der Waals surface area contributed by atoms with Crippen LogP contribution in [-0.4, -0.2) is 47.1 Å². The molecule has 4 rings (SSSR count). The van der Waals surface area contributed by atoms with Crippen molar-refractivity contribution in [2.24, 2.45) is 0 Å². The quantitative estimate of drug-likeness (QED) is 0.381. The summed E-state index contributed by atoms with van der Waals surface area (Å²) in [4.78, 5) is 28.3. The number of amides is 2. The van der Waals surface area contributed by atoms with E-state index in [9.17, 15) is 14.0 Å². The van der Waals surface area contributed by atoms with E-state index in [0.717, 1.165) is 0 Å². The summed E-state index contributed by atoms with van der Waals surface area (Å²) >= 11 is 0. The summed E-state index contributed by atoms with van der Waals surface area (Å²) in [7, 11) is 1.52. The fourth-order valence-corrected chi connectivity index (χ4v) is 3.62. The summed E-state index contributed by atoms with van der Waals surface area (Å²) in [6, 6.07) is 14.8. The highest BCUT2D eigenvalue weighted by atomic mass is 19.1. The Labute approximate surface area is 195 Å². The summed E-state index contributed by atoms with van der Waals surface area (Å²) in [6.07, 6.45) is 0. The fraction of sp³-hybridized carbons (Fsp3) is 0.250. The van der Waals surface area contributed by atoms with E-state index in [1.807, 2.05) is 12.1 Å². The maximum Gasteiger partial charge on any atom is 0.251 e. The van der Waals surface area contributed by atoms with Crippen LogP contribution in [0, 0.1) is 12.7 Å². The van der Waals surface area contributed by atoms with E-state index in [4.69, 9.17) is 9.15 Å². The first-order valence-electron chi connectivity index (χ1n) is 10.7. The van der Waals surface area contributed by atoms with Crippen molar-refractivity contribution in [3.63, 3.8) is 0 Å². The van der Waals surface area contributed by atoms with Crippen LogP contribution in [0.4, 0.5) is 10.1 Å². The Morgan fingerprint density at radius 3 is 2.62 bits per heavy atom. The summed E-state index contributed by atoms with van der Waals surface area (Å²) in [5.74, 6) is -0.531. The molecule has 9 nitrogen and oxygen atoms in total. The van der Waals surface area contributed by atoms with Gasteiger partial charge in [0.15, 0.2) is 6.04 Å². The zero-order valence-electron chi connectivity index (χ0n) is 18.8. The lowest BCUT2D eigenvalue weighted by molar-refractivity contribution is -0.127. The SMILES string of the molecule is COCCNC(=O)[C@H](c1ccc(C)o1)N(C(=O)Cn1nnc2ccccc21)c1ccc(F)cc1. The van der Waals surface area contributed by atoms with Crippen molar-refractivity contribution in [3.8, 4) is 0 Å². The third kappa shape index (κ3) is 4.96. The number of methoxy groups -OCH3 is 1. The van der Waals surface area contributed by atoms with Gasteiger partial charge in [0.05, 0.1) is 12.1 Å². The molecule has 2 heterocycles. The van der Waals surface area contributed by atoms with Crippen molar-refractivity contribution in [1.29, 1.82) is 0 Å². The number of benzene rings is 2. The molecule has 0 unspecified atom stereocenters. The highest BCUT2D eigenvalue weighted by molar-refractivity contribution is 6.01. The minimum absolute atomic E-state index is 0.195. The number of halogens is 1. The van der Waals surface area contributed by atoms with Gasteiger partial charge in [0.25, 0.3) is 5.91 Å². The number of ether oxygens (including phenoxy) is 1. The van der Waals surface area contributed by atoms with Gasteiger partial charge in [0, 0.05) is 19.3 Å². The largest absolute Gasteiger partial charge is 0.464 e. The number of aryl methyl sites for hydroxylation is 1. The Morgan fingerprint density at radius 2 is 1.91 bits per heavy atom. The van der Waals surface area contributed by atoms with E-state index in [1.54, 1.807) is 31.2 Å². The third-order valence-electron chi connectivity index (χ3n) is 5.22. The topological polar surface area (TPSA) is 102 Å². The van der Waals surface area contributed by atoms with Crippen molar-refractivity contribution in [2.45, 2.75) is 19.5 Å². The van der Waals surface area contributed by atoms with Crippen LogP contribution in [0.1, 0.15) is 17.6 Å². The number of carbonyl (C=O) groups excluding carboxylic acids is 2. The zero-order chi connectivity index (χ0) is 24.1. The van der Waals surface area contributed by atoms with Gasteiger partial charge >= 0.3 is 0 Å².